The number of carbonyl (C=O) groups excluding carboxylic acids is 1. The van der Waals surface area contributed by atoms with Crippen molar-refractivity contribution in [3.05, 3.63) is 107 Å². The maximum Gasteiger partial charge on any atom is 0.221 e. The highest BCUT2D eigenvalue weighted by atomic mass is 79.9. The van der Waals surface area contributed by atoms with Gasteiger partial charge in [-0.2, -0.15) is 0 Å². The fourth-order valence-electron chi connectivity index (χ4n) is 2.90. The Morgan fingerprint density at radius 2 is 1.82 bits per heavy atom. The van der Waals surface area contributed by atoms with Crippen LogP contribution in [0.5, 0.6) is 0 Å². The zero-order chi connectivity index (χ0) is 18.6. The quantitative estimate of drug-likeness (QED) is 0.240. The number of fused-ring (bicyclic) bond motifs is 1. The summed E-state index contributed by atoms with van der Waals surface area (Å²) >= 11 is 3.45. The lowest BCUT2D eigenvalue weighted by Gasteiger charge is -1.99. The lowest BCUT2D eigenvalue weighted by Crippen LogP contribution is -3.00. The second-order valence-electron chi connectivity index (χ2n) is 6.28. The van der Waals surface area contributed by atoms with Gasteiger partial charge in [0.25, 0.3) is 0 Å². The van der Waals surface area contributed by atoms with E-state index in [4.69, 9.17) is 4.42 Å². The number of hydrogen-bond acceptors (Lipinski definition) is 2. The Hall–Kier alpha value is -2.50. The monoisotopic (exact) mass is 497 g/mol. The molecule has 5 heteroatoms. The average Bonchev–Trinajstić information content (AvgIpc) is 3.13. The number of ketones is 1. The molecule has 3 nitrogen and oxygen atoms in total. The molecule has 0 aliphatic carbocycles. The van der Waals surface area contributed by atoms with Gasteiger partial charge in [0.05, 0.1) is 0 Å². The third-order valence-electron chi connectivity index (χ3n) is 4.26. The van der Waals surface area contributed by atoms with Crippen molar-refractivity contribution in [2.75, 3.05) is 0 Å². The van der Waals surface area contributed by atoms with Gasteiger partial charge in [-0.25, -0.2) is 4.57 Å². The molecule has 0 unspecified atom stereocenters. The SMILES string of the molecule is O=C(/C=C/c1ccc[n+](Cc2ccc(Br)cc2)c1)c1cc2ccccc2o1.[Br-]. The van der Waals surface area contributed by atoms with Crippen LogP contribution in [0.25, 0.3) is 17.0 Å². The van der Waals surface area contributed by atoms with Gasteiger partial charge < -0.3 is 21.4 Å². The molecule has 0 N–H and O–H groups in total. The normalized spacial score (nSPS) is 10.9. The van der Waals surface area contributed by atoms with E-state index in [0.717, 1.165) is 27.6 Å². The number of allylic oxidation sites excluding steroid dienone is 1. The number of para-hydroxylation sites is 1. The molecule has 4 rings (SSSR count). The van der Waals surface area contributed by atoms with Crippen LogP contribution >= 0.6 is 15.9 Å². The number of aromatic nitrogens is 1. The van der Waals surface area contributed by atoms with Crippen LogP contribution in [0.15, 0.2) is 94.1 Å². The number of hydrogen-bond donors (Lipinski definition) is 0. The minimum Gasteiger partial charge on any atom is -1.00 e. The zero-order valence-electron chi connectivity index (χ0n) is 14.9. The van der Waals surface area contributed by atoms with Crippen LogP contribution in [0, 0.1) is 0 Å². The molecule has 0 atom stereocenters. The van der Waals surface area contributed by atoms with Crippen LogP contribution < -0.4 is 21.5 Å². The maximum absolute atomic E-state index is 12.4. The van der Waals surface area contributed by atoms with Crippen molar-refractivity contribution in [3.63, 3.8) is 0 Å². The van der Waals surface area contributed by atoms with Crippen molar-refractivity contribution in [2.45, 2.75) is 6.54 Å². The molecular formula is C23H17Br2NO2. The highest BCUT2D eigenvalue weighted by Gasteiger charge is 2.09. The summed E-state index contributed by atoms with van der Waals surface area (Å²) in [7, 11) is 0. The van der Waals surface area contributed by atoms with E-state index in [9.17, 15) is 4.79 Å². The second-order valence-corrected chi connectivity index (χ2v) is 7.20. The zero-order valence-corrected chi connectivity index (χ0v) is 18.1. The first-order valence-corrected chi connectivity index (χ1v) is 9.41. The Morgan fingerprint density at radius 3 is 2.61 bits per heavy atom. The van der Waals surface area contributed by atoms with Gasteiger partial charge in [-0.15, -0.1) is 0 Å². The predicted octanol–water partition coefficient (Wildman–Crippen LogP) is 2.43. The lowest BCUT2D eigenvalue weighted by atomic mass is 10.2. The molecule has 0 saturated heterocycles. The highest BCUT2D eigenvalue weighted by Crippen LogP contribution is 2.19. The predicted molar refractivity (Wildman–Crippen MR) is 109 cm³/mol. The summed E-state index contributed by atoms with van der Waals surface area (Å²) in [5, 5.41) is 0.932. The molecule has 0 aliphatic heterocycles. The summed E-state index contributed by atoms with van der Waals surface area (Å²) in [6.45, 7) is 0.770. The number of rotatable bonds is 5. The van der Waals surface area contributed by atoms with E-state index in [-0.39, 0.29) is 22.8 Å². The van der Waals surface area contributed by atoms with E-state index < -0.39 is 0 Å². The number of carbonyl (C=O) groups is 1. The molecule has 0 spiro atoms. The van der Waals surface area contributed by atoms with Crippen LogP contribution in [0.2, 0.25) is 0 Å². The number of pyridine rings is 1. The van der Waals surface area contributed by atoms with E-state index >= 15 is 0 Å². The first-order chi connectivity index (χ1) is 13.2. The smallest absolute Gasteiger partial charge is 0.221 e. The van der Waals surface area contributed by atoms with E-state index in [1.807, 2.05) is 67.0 Å². The summed E-state index contributed by atoms with van der Waals surface area (Å²) in [6, 6.07) is 21.6. The average molecular weight is 499 g/mol. The summed E-state index contributed by atoms with van der Waals surface area (Å²) in [6.07, 6.45) is 7.40. The van der Waals surface area contributed by atoms with Crippen molar-refractivity contribution in [1.29, 1.82) is 0 Å². The van der Waals surface area contributed by atoms with Crippen molar-refractivity contribution in [1.82, 2.24) is 0 Å². The highest BCUT2D eigenvalue weighted by molar-refractivity contribution is 9.10. The van der Waals surface area contributed by atoms with Crippen molar-refractivity contribution < 1.29 is 30.8 Å². The van der Waals surface area contributed by atoms with Crippen LogP contribution in [0.3, 0.4) is 0 Å². The lowest BCUT2D eigenvalue weighted by molar-refractivity contribution is -0.688. The van der Waals surface area contributed by atoms with Gasteiger partial charge in [-0.1, -0.05) is 46.3 Å². The van der Waals surface area contributed by atoms with Crippen molar-refractivity contribution in [2.24, 2.45) is 0 Å². The molecule has 0 aliphatic rings. The van der Waals surface area contributed by atoms with Gasteiger partial charge in [0.2, 0.25) is 5.78 Å². The molecule has 0 radical (unpaired) electrons. The minimum absolute atomic E-state index is 0. The Balaban J connectivity index is 0.00000225. The van der Waals surface area contributed by atoms with E-state index in [1.54, 1.807) is 12.1 Å². The van der Waals surface area contributed by atoms with Crippen LogP contribution in [-0.2, 0) is 6.54 Å². The molecule has 28 heavy (non-hydrogen) atoms. The fraction of sp³-hybridized carbons (Fsp3) is 0.0435. The second kappa shape index (κ2) is 9.13. The van der Waals surface area contributed by atoms with E-state index in [0.29, 0.717) is 5.76 Å². The summed E-state index contributed by atoms with van der Waals surface area (Å²) in [5.74, 6) is 0.209. The molecule has 2 aromatic heterocycles. The maximum atomic E-state index is 12.4. The summed E-state index contributed by atoms with van der Waals surface area (Å²) in [5.41, 5.74) is 2.89. The van der Waals surface area contributed by atoms with Crippen LogP contribution in [0.1, 0.15) is 21.7 Å². The first-order valence-electron chi connectivity index (χ1n) is 8.62. The van der Waals surface area contributed by atoms with Crippen molar-refractivity contribution >= 4 is 38.8 Å². The Bertz CT molecular complexity index is 1100. The molecule has 0 amide bonds. The van der Waals surface area contributed by atoms with Gasteiger partial charge in [0.15, 0.2) is 24.7 Å². The molecule has 0 bridgehead atoms. The number of furan rings is 1. The Morgan fingerprint density at radius 1 is 1.04 bits per heavy atom. The van der Waals surface area contributed by atoms with Gasteiger partial charge in [0.1, 0.15) is 5.58 Å². The van der Waals surface area contributed by atoms with Crippen molar-refractivity contribution in [3.8, 4) is 0 Å². The third-order valence-corrected chi connectivity index (χ3v) is 4.78. The van der Waals surface area contributed by atoms with Crippen LogP contribution in [-0.4, -0.2) is 5.78 Å². The fourth-order valence-corrected chi connectivity index (χ4v) is 3.16. The first kappa shape index (κ1) is 20.2. The summed E-state index contributed by atoms with van der Waals surface area (Å²) in [4.78, 5) is 12.4. The molecule has 140 valence electrons. The third kappa shape index (κ3) is 4.86. The number of benzene rings is 2. The van der Waals surface area contributed by atoms with Gasteiger partial charge in [-0.05, 0) is 42.5 Å². The number of nitrogens with zero attached hydrogens (tertiary/aromatic N) is 1. The number of halogens is 2. The molecule has 0 saturated carbocycles. The summed E-state index contributed by atoms with van der Waals surface area (Å²) < 4.78 is 8.78. The Labute approximate surface area is 182 Å². The molecular weight excluding hydrogens is 482 g/mol. The molecule has 2 aromatic carbocycles. The minimum atomic E-state index is -0.144. The largest absolute Gasteiger partial charge is 1.00 e. The van der Waals surface area contributed by atoms with Gasteiger partial charge in [0, 0.05) is 27.1 Å². The van der Waals surface area contributed by atoms with Crippen LogP contribution in [0.4, 0.5) is 0 Å². The molecule has 4 aromatic rings. The Kier molecular flexibility index (Phi) is 6.60. The molecule has 2 heterocycles. The van der Waals surface area contributed by atoms with E-state index in [2.05, 4.69) is 32.6 Å². The van der Waals surface area contributed by atoms with E-state index in [1.165, 1.54) is 5.56 Å². The van der Waals surface area contributed by atoms with Gasteiger partial charge in [-0.3, -0.25) is 4.79 Å². The molecule has 0 fully saturated rings. The topological polar surface area (TPSA) is 34.1 Å². The standard InChI is InChI=1S/C23H17BrNO2.BrH/c24-20-10-7-18(8-11-20)16-25-13-3-4-17(15-25)9-12-21(26)23-14-19-5-1-2-6-22(19)27-23;/h1-15H,16H2;1H/q+1;/p-1/b12-9+;. The van der Waals surface area contributed by atoms with Gasteiger partial charge >= 0.3 is 0 Å².